The monoisotopic (exact) mass is 349 g/mol. The summed E-state index contributed by atoms with van der Waals surface area (Å²) in [7, 11) is 0. The molecule has 0 saturated carbocycles. The second-order valence-electron chi connectivity index (χ2n) is 4.14. The van der Waals surface area contributed by atoms with Crippen LogP contribution in [-0.2, 0) is 4.79 Å². The van der Waals surface area contributed by atoms with Crippen LogP contribution in [0.1, 0.15) is 10.4 Å². The standard InChI is InChI=1S/C15H12BrNO4/c16-10-4-3-5-11(8-10)21-9-14(18)17-13-7-2-1-6-12(13)15(19)20/h1-8H,9H2,(H,17,18)(H,19,20). The van der Waals surface area contributed by atoms with Gasteiger partial charge in [0.1, 0.15) is 5.75 Å². The van der Waals surface area contributed by atoms with Gasteiger partial charge < -0.3 is 15.2 Å². The Labute approximate surface area is 129 Å². The van der Waals surface area contributed by atoms with Crippen LogP contribution < -0.4 is 10.1 Å². The maximum atomic E-state index is 11.8. The molecule has 0 atom stereocenters. The van der Waals surface area contributed by atoms with Gasteiger partial charge >= 0.3 is 5.97 Å². The molecule has 0 spiro atoms. The minimum absolute atomic E-state index is 0.0355. The van der Waals surface area contributed by atoms with Crippen LogP contribution in [0.2, 0.25) is 0 Å². The molecule has 0 aliphatic heterocycles. The van der Waals surface area contributed by atoms with Crippen molar-refractivity contribution in [3.8, 4) is 5.75 Å². The normalized spacial score (nSPS) is 9.95. The van der Waals surface area contributed by atoms with Crippen molar-refractivity contribution in [1.29, 1.82) is 0 Å². The maximum absolute atomic E-state index is 11.8. The van der Waals surface area contributed by atoms with E-state index in [0.717, 1.165) is 4.47 Å². The molecule has 0 fully saturated rings. The first-order valence-electron chi connectivity index (χ1n) is 6.07. The van der Waals surface area contributed by atoms with Crippen LogP contribution in [-0.4, -0.2) is 23.6 Å². The molecule has 0 aliphatic carbocycles. The van der Waals surface area contributed by atoms with Crippen LogP contribution in [0.25, 0.3) is 0 Å². The highest BCUT2D eigenvalue weighted by Gasteiger charge is 2.11. The minimum Gasteiger partial charge on any atom is -0.484 e. The lowest BCUT2D eigenvalue weighted by Gasteiger charge is -2.09. The smallest absolute Gasteiger partial charge is 0.337 e. The van der Waals surface area contributed by atoms with E-state index < -0.39 is 11.9 Å². The fraction of sp³-hybridized carbons (Fsp3) is 0.0667. The van der Waals surface area contributed by atoms with Gasteiger partial charge in [0.15, 0.2) is 6.61 Å². The molecule has 2 aromatic carbocycles. The number of benzene rings is 2. The lowest BCUT2D eigenvalue weighted by Crippen LogP contribution is -2.21. The van der Waals surface area contributed by atoms with E-state index in [1.54, 1.807) is 30.3 Å². The molecule has 0 radical (unpaired) electrons. The Morgan fingerprint density at radius 3 is 2.62 bits per heavy atom. The molecular formula is C15H12BrNO4. The number of carboxylic acid groups (broad SMARTS) is 1. The van der Waals surface area contributed by atoms with Crippen LogP contribution in [0, 0.1) is 0 Å². The molecule has 2 aromatic rings. The first-order valence-corrected chi connectivity index (χ1v) is 6.86. The van der Waals surface area contributed by atoms with E-state index in [2.05, 4.69) is 21.2 Å². The number of anilines is 1. The third-order valence-corrected chi connectivity index (χ3v) is 3.09. The van der Waals surface area contributed by atoms with Gasteiger partial charge in [-0.2, -0.15) is 0 Å². The number of carboxylic acids is 1. The van der Waals surface area contributed by atoms with Gasteiger partial charge in [-0.25, -0.2) is 4.79 Å². The zero-order valence-corrected chi connectivity index (χ0v) is 12.5. The molecule has 1 amide bonds. The molecule has 6 heteroatoms. The van der Waals surface area contributed by atoms with Gasteiger partial charge in [-0.1, -0.05) is 34.1 Å². The van der Waals surface area contributed by atoms with E-state index in [-0.39, 0.29) is 17.9 Å². The Morgan fingerprint density at radius 1 is 1.14 bits per heavy atom. The van der Waals surface area contributed by atoms with Gasteiger partial charge in [0.05, 0.1) is 11.3 Å². The third kappa shape index (κ3) is 4.32. The highest BCUT2D eigenvalue weighted by molar-refractivity contribution is 9.10. The largest absolute Gasteiger partial charge is 0.484 e. The van der Waals surface area contributed by atoms with Crippen LogP contribution in [0.4, 0.5) is 5.69 Å². The van der Waals surface area contributed by atoms with Gasteiger partial charge in [-0.05, 0) is 30.3 Å². The number of hydrogen-bond acceptors (Lipinski definition) is 3. The van der Waals surface area contributed by atoms with Crippen molar-refractivity contribution in [3.63, 3.8) is 0 Å². The maximum Gasteiger partial charge on any atom is 0.337 e. The zero-order chi connectivity index (χ0) is 15.2. The predicted molar refractivity (Wildman–Crippen MR) is 81.7 cm³/mol. The summed E-state index contributed by atoms with van der Waals surface area (Å²) in [5.41, 5.74) is 0.279. The number of carbonyl (C=O) groups excluding carboxylic acids is 1. The van der Waals surface area contributed by atoms with Crippen molar-refractivity contribution in [2.75, 3.05) is 11.9 Å². The zero-order valence-electron chi connectivity index (χ0n) is 10.9. The van der Waals surface area contributed by atoms with Crippen LogP contribution in [0.15, 0.2) is 53.0 Å². The second-order valence-corrected chi connectivity index (χ2v) is 5.06. The first kappa shape index (κ1) is 15.1. The lowest BCUT2D eigenvalue weighted by molar-refractivity contribution is -0.118. The molecular weight excluding hydrogens is 338 g/mol. The third-order valence-electron chi connectivity index (χ3n) is 2.60. The summed E-state index contributed by atoms with van der Waals surface area (Å²) in [5, 5.41) is 11.5. The van der Waals surface area contributed by atoms with E-state index in [4.69, 9.17) is 9.84 Å². The highest BCUT2D eigenvalue weighted by Crippen LogP contribution is 2.18. The number of para-hydroxylation sites is 1. The SMILES string of the molecule is O=C(COc1cccc(Br)c1)Nc1ccccc1C(=O)O. The Balaban J connectivity index is 1.98. The fourth-order valence-corrected chi connectivity index (χ4v) is 2.05. The first-order chi connectivity index (χ1) is 10.1. The number of hydrogen-bond donors (Lipinski definition) is 2. The molecule has 0 aliphatic rings. The Hall–Kier alpha value is -2.34. The molecule has 0 heterocycles. The highest BCUT2D eigenvalue weighted by atomic mass is 79.9. The van der Waals surface area contributed by atoms with Gasteiger partial charge in [-0.3, -0.25) is 4.79 Å². The molecule has 5 nitrogen and oxygen atoms in total. The van der Waals surface area contributed by atoms with Crippen molar-refractivity contribution in [2.45, 2.75) is 0 Å². The van der Waals surface area contributed by atoms with Gasteiger partial charge in [0.2, 0.25) is 0 Å². The number of aromatic carboxylic acids is 1. The summed E-state index contributed by atoms with van der Waals surface area (Å²) in [6, 6.07) is 13.3. The number of ether oxygens (including phenoxy) is 1. The van der Waals surface area contributed by atoms with E-state index in [0.29, 0.717) is 5.75 Å². The Morgan fingerprint density at radius 2 is 1.90 bits per heavy atom. The van der Waals surface area contributed by atoms with E-state index in [9.17, 15) is 9.59 Å². The van der Waals surface area contributed by atoms with E-state index >= 15 is 0 Å². The van der Waals surface area contributed by atoms with Gasteiger partial charge in [-0.15, -0.1) is 0 Å². The Kier molecular flexibility index (Phi) is 4.94. The number of halogens is 1. The number of amides is 1. The summed E-state index contributed by atoms with van der Waals surface area (Å²) >= 11 is 3.30. The van der Waals surface area contributed by atoms with Gasteiger partial charge in [0.25, 0.3) is 5.91 Å². The molecule has 21 heavy (non-hydrogen) atoms. The fourth-order valence-electron chi connectivity index (χ4n) is 1.67. The quantitative estimate of drug-likeness (QED) is 0.869. The predicted octanol–water partition coefficient (Wildman–Crippen LogP) is 3.16. The summed E-state index contributed by atoms with van der Waals surface area (Å²) in [6.45, 7) is -0.204. The summed E-state index contributed by atoms with van der Waals surface area (Å²) < 4.78 is 6.18. The van der Waals surface area contributed by atoms with Crippen molar-refractivity contribution in [3.05, 3.63) is 58.6 Å². The minimum atomic E-state index is -1.10. The van der Waals surface area contributed by atoms with E-state index in [1.165, 1.54) is 12.1 Å². The van der Waals surface area contributed by atoms with E-state index in [1.807, 2.05) is 6.07 Å². The average molecular weight is 350 g/mol. The Bertz CT molecular complexity index is 672. The van der Waals surface area contributed by atoms with Crippen molar-refractivity contribution in [2.24, 2.45) is 0 Å². The van der Waals surface area contributed by atoms with Crippen LogP contribution >= 0.6 is 15.9 Å². The summed E-state index contributed by atoms with van der Waals surface area (Å²) in [4.78, 5) is 22.8. The molecule has 108 valence electrons. The van der Waals surface area contributed by atoms with Gasteiger partial charge in [0, 0.05) is 4.47 Å². The molecule has 0 saturated heterocycles. The average Bonchev–Trinajstić information content (AvgIpc) is 2.45. The molecule has 2 rings (SSSR count). The molecule has 0 aromatic heterocycles. The number of carbonyl (C=O) groups is 2. The van der Waals surface area contributed by atoms with Crippen LogP contribution in [0.3, 0.4) is 0 Å². The molecule has 0 bridgehead atoms. The molecule has 2 N–H and O–H groups in total. The second kappa shape index (κ2) is 6.90. The number of nitrogens with one attached hydrogen (secondary N) is 1. The van der Waals surface area contributed by atoms with Crippen molar-refractivity contribution >= 4 is 33.5 Å². The lowest BCUT2D eigenvalue weighted by atomic mass is 10.2. The topological polar surface area (TPSA) is 75.6 Å². The van der Waals surface area contributed by atoms with Crippen molar-refractivity contribution in [1.82, 2.24) is 0 Å². The molecule has 0 unspecified atom stereocenters. The van der Waals surface area contributed by atoms with Crippen molar-refractivity contribution < 1.29 is 19.4 Å². The van der Waals surface area contributed by atoms with Crippen LogP contribution in [0.5, 0.6) is 5.75 Å². The summed E-state index contributed by atoms with van der Waals surface area (Å²) in [5.74, 6) is -0.978. The summed E-state index contributed by atoms with van der Waals surface area (Å²) in [6.07, 6.45) is 0. The number of rotatable bonds is 5.